The van der Waals surface area contributed by atoms with Crippen LogP contribution in [-0.4, -0.2) is 79.7 Å². The molecule has 1 aliphatic rings. The Morgan fingerprint density at radius 2 is 0.892 bits per heavy atom. The lowest BCUT2D eigenvalue weighted by molar-refractivity contribution is -0.159. The summed E-state index contributed by atoms with van der Waals surface area (Å²) in [6, 6.07) is 58.7. The number of primary amides is 1. The van der Waals surface area contributed by atoms with Gasteiger partial charge in [-0.3, -0.25) is 9.59 Å². The highest BCUT2D eigenvalue weighted by Gasteiger charge is 2.53. The van der Waals surface area contributed by atoms with E-state index in [0.29, 0.717) is 35.8 Å². The van der Waals surface area contributed by atoms with Crippen LogP contribution in [0.4, 0.5) is 0 Å². The number of hydrogen-bond donors (Lipinski definition) is 3. The Morgan fingerprint density at radius 1 is 0.514 bits per heavy atom. The maximum atomic E-state index is 16.5. The second kappa shape index (κ2) is 22.2. The molecule has 10 nitrogen and oxygen atoms in total. The van der Waals surface area contributed by atoms with Gasteiger partial charge in [0.2, 0.25) is 11.8 Å². The number of amides is 2. The highest BCUT2D eigenvalue weighted by atomic mass is 16.5. The molecule has 0 bridgehead atoms. The zero-order valence-corrected chi connectivity index (χ0v) is 42.7. The molecule has 0 heterocycles. The minimum absolute atomic E-state index is 0.0135. The van der Waals surface area contributed by atoms with Crippen LogP contribution in [0.5, 0.6) is 23.0 Å². The van der Waals surface area contributed by atoms with E-state index in [9.17, 15) is 15.0 Å². The summed E-state index contributed by atoms with van der Waals surface area (Å²) >= 11 is 0. The summed E-state index contributed by atoms with van der Waals surface area (Å²) in [6.07, 6.45) is 2.53. The van der Waals surface area contributed by atoms with Crippen molar-refractivity contribution in [3.63, 3.8) is 0 Å². The van der Waals surface area contributed by atoms with E-state index in [1.54, 1.807) is 33.3 Å². The van der Waals surface area contributed by atoms with Gasteiger partial charge in [-0.15, -0.1) is 0 Å². The predicted octanol–water partition coefficient (Wildman–Crippen LogP) is 11.2. The molecule has 8 aromatic carbocycles. The average Bonchev–Trinajstić information content (AvgIpc) is 3.43. The molecule has 9 rings (SSSR count). The number of nitrogens with two attached hydrogens (primary N) is 1. The molecule has 380 valence electrons. The van der Waals surface area contributed by atoms with E-state index in [4.69, 9.17) is 24.7 Å². The Hall–Kier alpha value is -7.66. The molecule has 0 spiro atoms. The molecular weight excluding hydrogens is 925 g/mol. The first-order chi connectivity index (χ1) is 35.9. The van der Waals surface area contributed by atoms with E-state index in [-0.39, 0.29) is 38.8 Å². The summed E-state index contributed by atoms with van der Waals surface area (Å²) in [7, 11) is 6.43. The van der Waals surface area contributed by atoms with Gasteiger partial charge in [-0.2, -0.15) is 0 Å². The smallest absolute Gasteiger partial charge is 0.238 e. The van der Waals surface area contributed by atoms with Crippen molar-refractivity contribution in [2.45, 2.75) is 68.0 Å². The first kappa shape index (κ1) is 51.2. The molecule has 10 heteroatoms. The van der Waals surface area contributed by atoms with Crippen LogP contribution >= 0.6 is 0 Å². The van der Waals surface area contributed by atoms with Crippen molar-refractivity contribution < 1.29 is 38.7 Å². The Labute approximate surface area is 434 Å². The number of benzene rings is 8. The first-order valence-corrected chi connectivity index (χ1v) is 25.4. The third-order valence-electron chi connectivity index (χ3n) is 15.3. The molecule has 1 saturated carbocycles. The minimum Gasteiger partial charge on any atom is -0.497 e. The lowest BCUT2D eigenvalue weighted by atomic mass is 9.69. The number of hydrogen-bond acceptors (Lipinski definition) is 8. The van der Waals surface area contributed by atoms with Crippen LogP contribution in [0.1, 0.15) is 77.3 Å². The molecule has 1 fully saturated rings. The van der Waals surface area contributed by atoms with E-state index in [1.165, 1.54) is 0 Å². The van der Waals surface area contributed by atoms with E-state index in [0.717, 1.165) is 61.3 Å². The maximum absolute atomic E-state index is 16.5. The summed E-state index contributed by atoms with van der Waals surface area (Å²) in [5.74, 6) is -0.565. The van der Waals surface area contributed by atoms with Crippen molar-refractivity contribution in [3.8, 4) is 23.0 Å². The zero-order chi connectivity index (χ0) is 51.9. The van der Waals surface area contributed by atoms with Crippen LogP contribution in [0.15, 0.2) is 182 Å². The zero-order valence-electron chi connectivity index (χ0n) is 42.7. The third kappa shape index (κ3) is 10.6. The van der Waals surface area contributed by atoms with Crippen LogP contribution in [0, 0.1) is 5.41 Å². The van der Waals surface area contributed by atoms with Crippen molar-refractivity contribution in [1.82, 2.24) is 4.90 Å². The van der Waals surface area contributed by atoms with Gasteiger partial charge in [0, 0.05) is 24.7 Å². The molecule has 0 aromatic heterocycles. The molecule has 0 saturated heterocycles. The van der Waals surface area contributed by atoms with Crippen LogP contribution < -0.4 is 24.7 Å². The molecule has 2 amide bonds. The predicted molar refractivity (Wildman–Crippen MR) is 292 cm³/mol. The van der Waals surface area contributed by atoms with Crippen molar-refractivity contribution in [1.29, 1.82) is 0 Å². The van der Waals surface area contributed by atoms with Gasteiger partial charge in [0.05, 0.1) is 52.7 Å². The van der Waals surface area contributed by atoms with Gasteiger partial charge in [-0.1, -0.05) is 153 Å². The summed E-state index contributed by atoms with van der Waals surface area (Å²) in [5.41, 5.74) is 5.68. The number of carbonyl (C=O) groups is 2. The molecule has 1 aliphatic carbocycles. The first-order valence-electron chi connectivity index (χ1n) is 25.4. The standard InChI is InChI=1S/C64H66N2O8/c1-71-50-26-12-18-44(36-50)40-63(69,58(48-24-14-28-52(38-48)73-3)56-32-16-22-46-20-6-8-30-54(46)56)42-66(61(68)62(60(65)67)34-10-5-11-35-62)43-64(70,41-45-19-13-27-51(37-45)72-2)59(49-25-15-29-53(39-49)74-4)57-33-17-23-47-21-7-9-31-55(47)57/h6-9,12-33,36-39,58-59,69-70H,5,10-11,34-35,40-43H2,1-4H3,(H2,65,67). The highest BCUT2D eigenvalue weighted by molar-refractivity contribution is 6.04. The van der Waals surface area contributed by atoms with Gasteiger partial charge < -0.3 is 39.8 Å². The summed E-state index contributed by atoms with van der Waals surface area (Å²) in [4.78, 5) is 32.3. The number of aliphatic hydroxyl groups is 2. The normalized spacial score (nSPS) is 15.8. The van der Waals surface area contributed by atoms with Gasteiger partial charge in [0.15, 0.2) is 0 Å². The van der Waals surface area contributed by atoms with Gasteiger partial charge in [0.1, 0.15) is 28.4 Å². The monoisotopic (exact) mass is 990 g/mol. The maximum Gasteiger partial charge on any atom is 0.238 e. The van der Waals surface area contributed by atoms with Crippen LogP contribution in [0.3, 0.4) is 0 Å². The molecule has 4 N–H and O–H groups in total. The van der Waals surface area contributed by atoms with Crippen LogP contribution in [-0.2, 0) is 22.4 Å². The number of nitrogens with zero attached hydrogens (tertiary/aromatic N) is 1. The SMILES string of the molecule is COc1cccc(CC(O)(CN(CC(O)(Cc2cccc(OC)c2)C(c2cccc(OC)c2)c2cccc3ccccc23)C(=O)C2(C(N)=O)CCCCC2)C(c2cccc(OC)c2)c2cccc3ccccc23)c1. The van der Waals surface area contributed by atoms with Gasteiger partial charge in [-0.05, 0) is 116 Å². The largest absolute Gasteiger partial charge is 0.497 e. The van der Waals surface area contributed by atoms with E-state index >= 15 is 4.79 Å². The van der Waals surface area contributed by atoms with Crippen LogP contribution in [0.25, 0.3) is 21.5 Å². The quantitative estimate of drug-likeness (QED) is 0.0641. The number of rotatable bonds is 20. The molecular formula is C64H66N2O8. The second-order valence-electron chi connectivity index (χ2n) is 20.0. The second-order valence-corrected chi connectivity index (χ2v) is 20.0. The van der Waals surface area contributed by atoms with E-state index in [2.05, 4.69) is 0 Å². The molecule has 4 atom stereocenters. The Balaban J connectivity index is 1.34. The summed E-state index contributed by atoms with van der Waals surface area (Å²) in [5, 5.41) is 32.9. The highest BCUT2D eigenvalue weighted by Crippen LogP contribution is 2.47. The number of methoxy groups -OCH3 is 4. The van der Waals surface area contributed by atoms with Crippen molar-refractivity contribution in [2.75, 3.05) is 41.5 Å². The van der Waals surface area contributed by atoms with Crippen molar-refractivity contribution in [2.24, 2.45) is 11.1 Å². The minimum atomic E-state index is -1.88. The molecule has 4 unspecified atom stereocenters. The number of fused-ring (bicyclic) bond motifs is 2. The lowest BCUT2D eigenvalue weighted by Crippen LogP contribution is -2.61. The number of carbonyl (C=O) groups excluding carboxylic acids is 2. The van der Waals surface area contributed by atoms with Gasteiger partial charge in [0.25, 0.3) is 0 Å². The molecule has 0 radical (unpaired) electrons. The third-order valence-corrected chi connectivity index (χ3v) is 15.3. The Kier molecular flexibility index (Phi) is 15.4. The molecule has 74 heavy (non-hydrogen) atoms. The topological polar surface area (TPSA) is 141 Å². The lowest BCUT2D eigenvalue weighted by Gasteiger charge is -2.48. The Morgan fingerprint density at radius 3 is 1.31 bits per heavy atom. The van der Waals surface area contributed by atoms with Crippen molar-refractivity contribution >= 4 is 33.4 Å². The fourth-order valence-electron chi connectivity index (χ4n) is 11.9. The van der Waals surface area contributed by atoms with Crippen LogP contribution in [0.2, 0.25) is 0 Å². The van der Waals surface area contributed by atoms with Gasteiger partial charge >= 0.3 is 0 Å². The van der Waals surface area contributed by atoms with E-state index < -0.39 is 40.3 Å². The fourth-order valence-corrected chi connectivity index (χ4v) is 11.9. The average molecular weight is 991 g/mol. The summed E-state index contributed by atoms with van der Waals surface area (Å²) < 4.78 is 23.2. The Bertz CT molecular complexity index is 3060. The van der Waals surface area contributed by atoms with Crippen molar-refractivity contribution in [3.05, 3.63) is 215 Å². The summed E-state index contributed by atoms with van der Waals surface area (Å²) in [6.45, 7) is -0.687. The molecule has 0 aliphatic heterocycles. The fraction of sp³-hybridized carbons (Fsp3) is 0.281. The molecule has 8 aromatic rings. The van der Waals surface area contributed by atoms with E-state index in [1.807, 2.05) is 182 Å². The number of ether oxygens (including phenoxy) is 4. The van der Waals surface area contributed by atoms with Gasteiger partial charge in [-0.25, -0.2) is 0 Å².